The maximum atomic E-state index is 10.2. The topological polar surface area (TPSA) is 40.5 Å². The molecule has 1 aromatic heterocycles. The zero-order valence-corrected chi connectivity index (χ0v) is 10.5. The number of aryl methyl sites for hydroxylation is 1. The molecule has 0 aromatic carbocycles. The summed E-state index contributed by atoms with van der Waals surface area (Å²) in [5.41, 5.74) is 0.876. The zero-order chi connectivity index (χ0) is 11.5. The van der Waals surface area contributed by atoms with Crippen LogP contribution in [0.2, 0.25) is 0 Å². The minimum Gasteiger partial charge on any atom is -0.390 e. The fourth-order valence-corrected chi connectivity index (χ4v) is 3.28. The molecule has 3 heteroatoms. The maximum Gasteiger partial charge on any atom is 0.106 e. The van der Waals surface area contributed by atoms with Gasteiger partial charge in [0.15, 0.2) is 0 Å². The minimum absolute atomic E-state index is 0.281. The molecule has 1 saturated carbocycles. The molecular weight excluding hydrogens is 220 g/mol. The molecule has 1 aliphatic rings. The third-order valence-electron chi connectivity index (χ3n) is 3.55. The van der Waals surface area contributed by atoms with E-state index in [-0.39, 0.29) is 5.92 Å². The smallest absolute Gasteiger partial charge is 0.106 e. The largest absolute Gasteiger partial charge is 0.390 e. The van der Waals surface area contributed by atoms with Gasteiger partial charge in [-0.15, -0.1) is 11.3 Å². The van der Waals surface area contributed by atoms with E-state index in [1.807, 2.05) is 18.4 Å². The highest BCUT2D eigenvalue weighted by molar-refractivity contribution is 7.10. The molecule has 16 heavy (non-hydrogen) atoms. The lowest BCUT2D eigenvalue weighted by atomic mass is 9.82. The van der Waals surface area contributed by atoms with Crippen LogP contribution < -0.4 is 0 Å². The third kappa shape index (κ3) is 2.65. The van der Waals surface area contributed by atoms with Crippen LogP contribution in [0.1, 0.15) is 48.6 Å². The number of hydrogen-bond acceptors (Lipinski definition) is 3. The van der Waals surface area contributed by atoms with Gasteiger partial charge in [0.1, 0.15) is 6.10 Å². The van der Waals surface area contributed by atoms with Gasteiger partial charge in [-0.25, -0.2) is 0 Å². The van der Waals surface area contributed by atoms with Gasteiger partial charge in [-0.2, -0.15) is 0 Å². The molecule has 1 fully saturated rings. The van der Waals surface area contributed by atoms with Gasteiger partial charge in [0.25, 0.3) is 0 Å². The van der Waals surface area contributed by atoms with Crippen molar-refractivity contribution in [2.45, 2.75) is 51.2 Å². The van der Waals surface area contributed by atoms with E-state index in [0.717, 1.165) is 18.4 Å². The summed E-state index contributed by atoms with van der Waals surface area (Å²) in [4.78, 5) is 1.19. The Balaban J connectivity index is 2.00. The van der Waals surface area contributed by atoms with E-state index >= 15 is 0 Å². The van der Waals surface area contributed by atoms with E-state index < -0.39 is 12.2 Å². The molecule has 1 aliphatic carbocycles. The molecule has 0 saturated heterocycles. The standard InChI is InChI=1S/C13H20O2S/c1-9-7-11(8-16-9)13(15)12(14)10-5-3-2-4-6-10/h7-8,10,12-15H,2-6H2,1H3. The molecule has 2 atom stereocenters. The Hall–Kier alpha value is -0.380. The number of thiophene rings is 1. The van der Waals surface area contributed by atoms with Crippen molar-refractivity contribution in [1.82, 2.24) is 0 Å². The fraction of sp³-hybridized carbons (Fsp3) is 0.692. The summed E-state index contributed by atoms with van der Waals surface area (Å²) in [5.74, 6) is 0.281. The van der Waals surface area contributed by atoms with Crippen molar-refractivity contribution in [3.63, 3.8) is 0 Å². The molecule has 0 amide bonds. The number of aliphatic hydroxyl groups excluding tert-OH is 2. The third-order valence-corrected chi connectivity index (χ3v) is 4.43. The molecule has 90 valence electrons. The van der Waals surface area contributed by atoms with Gasteiger partial charge in [0.05, 0.1) is 6.10 Å². The Bertz CT molecular complexity index is 328. The molecule has 0 bridgehead atoms. The van der Waals surface area contributed by atoms with Gasteiger partial charge in [-0.05, 0) is 42.7 Å². The highest BCUT2D eigenvalue weighted by atomic mass is 32.1. The van der Waals surface area contributed by atoms with Crippen molar-refractivity contribution < 1.29 is 10.2 Å². The van der Waals surface area contributed by atoms with Crippen molar-refractivity contribution in [2.75, 3.05) is 0 Å². The van der Waals surface area contributed by atoms with E-state index in [2.05, 4.69) is 0 Å². The average molecular weight is 240 g/mol. The monoisotopic (exact) mass is 240 g/mol. The van der Waals surface area contributed by atoms with Crippen molar-refractivity contribution in [3.05, 3.63) is 21.9 Å². The summed E-state index contributed by atoms with van der Waals surface area (Å²) >= 11 is 1.63. The first kappa shape index (κ1) is 12.1. The molecule has 0 spiro atoms. The second kappa shape index (κ2) is 5.30. The number of hydrogen-bond donors (Lipinski definition) is 2. The van der Waals surface area contributed by atoms with Gasteiger partial charge < -0.3 is 10.2 Å². The van der Waals surface area contributed by atoms with E-state index in [0.29, 0.717) is 0 Å². The second-order valence-corrected chi connectivity index (χ2v) is 5.94. The Morgan fingerprint density at radius 3 is 2.50 bits per heavy atom. The van der Waals surface area contributed by atoms with Crippen LogP contribution in [0.5, 0.6) is 0 Å². The minimum atomic E-state index is -0.701. The summed E-state index contributed by atoms with van der Waals surface area (Å²) in [7, 11) is 0. The van der Waals surface area contributed by atoms with E-state index in [1.54, 1.807) is 11.3 Å². The summed E-state index contributed by atoms with van der Waals surface area (Å²) < 4.78 is 0. The Morgan fingerprint density at radius 1 is 1.25 bits per heavy atom. The van der Waals surface area contributed by atoms with Crippen LogP contribution in [0.25, 0.3) is 0 Å². The SMILES string of the molecule is Cc1cc(C(O)C(O)C2CCCCC2)cs1. The Kier molecular flexibility index (Phi) is 4.00. The van der Waals surface area contributed by atoms with Crippen molar-refractivity contribution in [2.24, 2.45) is 5.92 Å². The van der Waals surface area contributed by atoms with Gasteiger partial charge in [-0.1, -0.05) is 19.3 Å². The van der Waals surface area contributed by atoms with Crippen molar-refractivity contribution in [3.8, 4) is 0 Å². The molecule has 2 N–H and O–H groups in total. The van der Waals surface area contributed by atoms with Crippen LogP contribution in [-0.4, -0.2) is 16.3 Å². The summed E-state index contributed by atoms with van der Waals surface area (Å²) in [5, 5.41) is 22.2. The summed E-state index contributed by atoms with van der Waals surface area (Å²) in [6, 6.07) is 1.97. The molecule has 2 unspecified atom stereocenters. The van der Waals surface area contributed by atoms with E-state index in [9.17, 15) is 10.2 Å². The van der Waals surface area contributed by atoms with Crippen LogP contribution in [0.3, 0.4) is 0 Å². The molecule has 1 heterocycles. The Labute approximate surface area is 101 Å². The maximum absolute atomic E-state index is 10.2. The van der Waals surface area contributed by atoms with E-state index in [1.165, 1.54) is 24.1 Å². The average Bonchev–Trinajstić information content (AvgIpc) is 2.75. The molecule has 0 aliphatic heterocycles. The quantitative estimate of drug-likeness (QED) is 0.852. The van der Waals surface area contributed by atoms with Crippen molar-refractivity contribution in [1.29, 1.82) is 0 Å². The molecule has 2 nitrogen and oxygen atoms in total. The van der Waals surface area contributed by atoms with E-state index in [4.69, 9.17) is 0 Å². The highest BCUT2D eigenvalue weighted by Crippen LogP contribution is 2.33. The first-order valence-corrected chi connectivity index (χ1v) is 6.97. The predicted molar refractivity (Wildman–Crippen MR) is 66.6 cm³/mol. The zero-order valence-electron chi connectivity index (χ0n) is 9.72. The normalized spacial score (nSPS) is 21.9. The van der Waals surface area contributed by atoms with Crippen LogP contribution in [-0.2, 0) is 0 Å². The second-order valence-electron chi connectivity index (χ2n) is 4.82. The summed E-state index contributed by atoms with van der Waals surface area (Å²) in [6.45, 7) is 2.02. The lowest BCUT2D eigenvalue weighted by molar-refractivity contribution is -0.0283. The fourth-order valence-electron chi connectivity index (χ4n) is 2.55. The van der Waals surface area contributed by atoms with Crippen LogP contribution >= 0.6 is 11.3 Å². The molecule has 2 rings (SSSR count). The molecule has 0 radical (unpaired) electrons. The van der Waals surface area contributed by atoms with Gasteiger partial charge in [-0.3, -0.25) is 0 Å². The van der Waals surface area contributed by atoms with Crippen LogP contribution in [0.4, 0.5) is 0 Å². The lowest BCUT2D eigenvalue weighted by Gasteiger charge is -2.29. The first-order chi connectivity index (χ1) is 7.68. The predicted octanol–water partition coefficient (Wildman–Crippen LogP) is 3.03. The number of aliphatic hydroxyl groups is 2. The lowest BCUT2D eigenvalue weighted by Crippen LogP contribution is -2.29. The van der Waals surface area contributed by atoms with Gasteiger partial charge >= 0.3 is 0 Å². The highest BCUT2D eigenvalue weighted by Gasteiger charge is 2.28. The molecular formula is C13H20O2S. The van der Waals surface area contributed by atoms with Crippen LogP contribution in [0.15, 0.2) is 11.4 Å². The van der Waals surface area contributed by atoms with Crippen LogP contribution in [0, 0.1) is 12.8 Å². The first-order valence-electron chi connectivity index (χ1n) is 6.09. The van der Waals surface area contributed by atoms with Gasteiger partial charge in [0, 0.05) is 4.88 Å². The van der Waals surface area contributed by atoms with Gasteiger partial charge in [0.2, 0.25) is 0 Å². The van der Waals surface area contributed by atoms with Crippen molar-refractivity contribution >= 4 is 11.3 Å². The summed E-state index contributed by atoms with van der Waals surface area (Å²) in [6.07, 6.45) is 4.48. The molecule has 1 aromatic rings. The Morgan fingerprint density at radius 2 is 1.94 bits per heavy atom. The number of rotatable bonds is 3.